The molecule has 1 rings (SSSR count). The van der Waals surface area contributed by atoms with Gasteiger partial charge in [0.05, 0.1) is 6.04 Å². The van der Waals surface area contributed by atoms with E-state index in [4.69, 9.17) is 5.73 Å². The van der Waals surface area contributed by atoms with Gasteiger partial charge >= 0.3 is 0 Å². The zero-order valence-corrected chi connectivity index (χ0v) is 11.6. The van der Waals surface area contributed by atoms with E-state index in [-0.39, 0.29) is 29.8 Å². The summed E-state index contributed by atoms with van der Waals surface area (Å²) in [6, 6.07) is 0.0514. The second kappa shape index (κ2) is 5.87. The lowest BCUT2D eigenvalue weighted by molar-refractivity contribution is -0.135. The number of nitrogens with two attached hydrogens (primary N) is 1. The molecule has 0 aromatic rings. The monoisotopic (exact) mass is 248 g/mol. The Morgan fingerprint density at radius 3 is 2.50 bits per heavy atom. The van der Waals surface area contributed by atoms with E-state index < -0.39 is 0 Å². The van der Waals surface area contributed by atoms with E-state index in [1.807, 2.05) is 11.8 Å². The molecule has 4 heteroatoms. The second-order valence-electron chi connectivity index (χ2n) is 5.57. The van der Waals surface area contributed by atoms with Crippen LogP contribution in [-0.2, 0) is 4.79 Å². The number of amides is 1. The van der Waals surface area contributed by atoms with Crippen LogP contribution >= 0.6 is 12.4 Å². The Bertz CT molecular complexity index is 238. The number of nitrogens with zero attached hydrogens (tertiary/aromatic N) is 1. The van der Waals surface area contributed by atoms with E-state index >= 15 is 0 Å². The van der Waals surface area contributed by atoms with E-state index in [0.717, 1.165) is 25.8 Å². The maximum Gasteiger partial charge on any atom is 0.239 e. The number of hydrogen-bond donors (Lipinski definition) is 1. The molecule has 0 aliphatic carbocycles. The molecule has 1 saturated heterocycles. The third-order valence-corrected chi connectivity index (χ3v) is 3.29. The van der Waals surface area contributed by atoms with Gasteiger partial charge in [-0.1, -0.05) is 27.7 Å². The first-order chi connectivity index (χ1) is 6.88. The lowest BCUT2D eigenvalue weighted by Crippen LogP contribution is -2.49. The molecule has 0 saturated carbocycles. The second-order valence-corrected chi connectivity index (χ2v) is 5.57. The van der Waals surface area contributed by atoms with Gasteiger partial charge in [-0.05, 0) is 24.7 Å². The van der Waals surface area contributed by atoms with Crippen molar-refractivity contribution in [1.29, 1.82) is 0 Å². The summed E-state index contributed by atoms with van der Waals surface area (Å²) in [6.07, 6.45) is 2.96. The standard InChI is InChI=1S/C12H24N2O.ClH/c1-5-9(13)11(15)14-8-6-7-10(14)12(2,3)4;/h9-10H,5-8,13H2,1-4H3;1H/t9-,10?;/m0./s1. The van der Waals surface area contributed by atoms with Gasteiger partial charge in [0, 0.05) is 12.6 Å². The van der Waals surface area contributed by atoms with Gasteiger partial charge < -0.3 is 10.6 Å². The molecule has 2 atom stereocenters. The van der Waals surface area contributed by atoms with E-state index in [2.05, 4.69) is 20.8 Å². The third kappa shape index (κ3) is 3.36. The fourth-order valence-electron chi connectivity index (χ4n) is 2.32. The Morgan fingerprint density at radius 2 is 2.06 bits per heavy atom. The molecule has 1 fully saturated rings. The molecule has 0 radical (unpaired) electrons. The quantitative estimate of drug-likeness (QED) is 0.814. The zero-order chi connectivity index (χ0) is 11.6. The number of rotatable bonds is 2. The van der Waals surface area contributed by atoms with E-state index in [0.29, 0.717) is 6.04 Å². The summed E-state index contributed by atoms with van der Waals surface area (Å²) in [4.78, 5) is 14.0. The maximum absolute atomic E-state index is 12.0. The first kappa shape index (κ1) is 15.7. The van der Waals surface area contributed by atoms with E-state index in [1.165, 1.54) is 0 Å². The summed E-state index contributed by atoms with van der Waals surface area (Å²) in [5, 5.41) is 0. The Labute approximate surface area is 105 Å². The zero-order valence-electron chi connectivity index (χ0n) is 10.8. The lowest BCUT2D eigenvalue weighted by atomic mass is 9.85. The van der Waals surface area contributed by atoms with Crippen molar-refractivity contribution in [2.75, 3.05) is 6.54 Å². The highest BCUT2D eigenvalue weighted by atomic mass is 35.5. The molecule has 3 nitrogen and oxygen atoms in total. The molecule has 1 aliphatic heterocycles. The highest BCUT2D eigenvalue weighted by Crippen LogP contribution is 2.32. The number of likely N-dealkylation sites (tertiary alicyclic amines) is 1. The summed E-state index contributed by atoms with van der Waals surface area (Å²) in [6.45, 7) is 9.43. The Morgan fingerprint density at radius 1 is 1.50 bits per heavy atom. The predicted molar refractivity (Wildman–Crippen MR) is 69.7 cm³/mol. The molecular weight excluding hydrogens is 224 g/mol. The van der Waals surface area contributed by atoms with Gasteiger partial charge in [0.15, 0.2) is 0 Å². The van der Waals surface area contributed by atoms with Gasteiger partial charge in [-0.3, -0.25) is 4.79 Å². The molecular formula is C12H25ClN2O. The van der Waals surface area contributed by atoms with Crippen LogP contribution in [0.2, 0.25) is 0 Å². The normalized spacial score (nSPS) is 22.8. The van der Waals surface area contributed by atoms with Crippen LogP contribution in [0.25, 0.3) is 0 Å². The molecule has 16 heavy (non-hydrogen) atoms. The van der Waals surface area contributed by atoms with Gasteiger partial charge in [0.2, 0.25) is 5.91 Å². The maximum atomic E-state index is 12.0. The van der Waals surface area contributed by atoms with Crippen molar-refractivity contribution in [3.63, 3.8) is 0 Å². The number of halogens is 1. The first-order valence-electron chi connectivity index (χ1n) is 5.94. The van der Waals surface area contributed by atoms with Crippen LogP contribution in [0.4, 0.5) is 0 Å². The van der Waals surface area contributed by atoms with Crippen LogP contribution in [0.3, 0.4) is 0 Å². The first-order valence-corrected chi connectivity index (χ1v) is 5.94. The van der Waals surface area contributed by atoms with Gasteiger partial charge in [-0.25, -0.2) is 0 Å². The van der Waals surface area contributed by atoms with Crippen molar-refractivity contribution in [2.24, 2.45) is 11.1 Å². The molecule has 0 aromatic heterocycles. The smallest absolute Gasteiger partial charge is 0.239 e. The minimum absolute atomic E-state index is 0. The number of carbonyl (C=O) groups excluding carboxylic acids is 1. The summed E-state index contributed by atoms with van der Waals surface area (Å²) in [5.74, 6) is 0.134. The molecule has 0 aromatic carbocycles. The average Bonchev–Trinajstić information content (AvgIpc) is 2.63. The average molecular weight is 249 g/mol. The van der Waals surface area contributed by atoms with Crippen molar-refractivity contribution in [2.45, 2.75) is 59.0 Å². The molecule has 2 N–H and O–H groups in total. The van der Waals surface area contributed by atoms with Crippen LogP contribution in [0, 0.1) is 5.41 Å². The lowest BCUT2D eigenvalue weighted by Gasteiger charge is -2.36. The van der Waals surface area contributed by atoms with Crippen LogP contribution < -0.4 is 5.73 Å². The van der Waals surface area contributed by atoms with E-state index in [1.54, 1.807) is 0 Å². The summed E-state index contributed by atoms with van der Waals surface area (Å²) >= 11 is 0. The predicted octanol–water partition coefficient (Wildman–Crippen LogP) is 2.18. The van der Waals surface area contributed by atoms with Gasteiger partial charge in [0.25, 0.3) is 0 Å². The summed E-state index contributed by atoms with van der Waals surface area (Å²) in [7, 11) is 0. The fraction of sp³-hybridized carbons (Fsp3) is 0.917. The van der Waals surface area contributed by atoms with Crippen LogP contribution in [0.5, 0.6) is 0 Å². The van der Waals surface area contributed by atoms with Crippen molar-refractivity contribution in [1.82, 2.24) is 4.90 Å². The highest BCUT2D eigenvalue weighted by molar-refractivity contribution is 5.85. The summed E-state index contributed by atoms with van der Waals surface area (Å²) < 4.78 is 0. The minimum atomic E-state index is -0.312. The van der Waals surface area contributed by atoms with Crippen LogP contribution in [0.1, 0.15) is 47.0 Å². The molecule has 1 unspecified atom stereocenters. The van der Waals surface area contributed by atoms with Crippen LogP contribution in [0.15, 0.2) is 0 Å². The third-order valence-electron chi connectivity index (χ3n) is 3.29. The molecule has 0 spiro atoms. The van der Waals surface area contributed by atoms with Crippen molar-refractivity contribution in [3.05, 3.63) is 0 Å². The number of carbonyl (C=O) groups is 1. The van der Waals surface area contributed by atoms with Gasteiger partial charge in [-0.2, -0.15) is 0 Å². The van der Waals surface area contributed by atoms with Crippen molar-refractivity contribution < 1.29 is 4.79 Å². The molecule has 1 heterocycles. The Kier molecular flexibility index (Phi) is 5.77. The molecule has 96 valence electrons. The minimum Gasteiger partial charge on any atom is -0.338 e. The highest BCUT2D eigenvalue weighted by Gasteiger charge is 2.37. The molecule has 1 aliphatic rings. The molecule has 0 bridgehead atoms. The Hall–Kier alpha value is -0.280. The fourth-order valence-corrected chi connectivity index (χ4v) is 2.32. The van der Waals surface area contributed by atoms with Gasteiger partial charge in [0.1, 0.15) is 0 Å². The van der Waals surface area contributed by atoms with Crippen molar-refractivity contribution >= 4 is 18.3 Å². The molecule has 1 amide bonds. The number of hydrogen-bond acceptors (Lipinski definition) is 2. The topological polar surface area (TPSA) is 46.3 Å². The van der Waals surface area contributed by atoms with Crippen molar-refractivity contribution in [3.8, 4) is 0 Å². The SMILES string of the molecule is CC[C@H](N)C(=O)N1CCCC1C(C)(C)C.Cl. The summed E-state index contributed by atoms with van der Waals surface area (Å²) in [5.41, 5.74) is 5.98. The largest absolute Gasteiger partial charge is 0.338 e. The Balaban J connectivity index is 0.00000225. The van der Waals surface area contributed by atoms with Crippen LogP contribution in [-0.4, -0.2) is 29.4 Å². The van der Waals surface area contributed by atoms with E-state index in [9.17, 15) is 4.79 Å². The van der Waals surface area contributed by atoms with Gasteiger partial charge in [-0.15, -0.1) is 12.4 Å².